The standard InChI is InChI=1S/C23H35N3O4/c1-4-7-16-30-22(28)18-8-10-19(11-9-18)24-23(29)25-20-12-14-26(15-13-20)21(27)17(5-2)6-3/h8-11,17,20H,4-7,12-16H2,1-3H3,(H2,24,25,29). The van der Waals surface area contributed by atoms with Gasteiger partial charge in [0.2, 0.25) is 5.91 Å². The number of benzene rings is 1. The highest BCUT2D eigenvalue weighted by Crippen LogP contribution is 2.18. The molecule has 7 nitrogen and oxygen atoms in total. The average molecular weight is 418 g/mol. The molecule has 1 fully saturated rings. The van der Waals surface area contributed by atoms with Crippen molar-refractivity contribution < 1.29 is 19.1 Å². The highest BCUT2D eigenvalue weighted by Gasteiger charge is 2.27. The number of urea groups is 1. The number of nitrogens with one attached hydrogen (secondary N) is 2. The first-order valence-electron chi connectivity index (χ1n) is 11.1. The first kappa shape index (κ1) is 23.7. The highest BCUT2D eigenvalue weighted by molar-refractivity contribution is 5.92. The minimum absolute atomic E-state index is 0.0450. The molecule has 0 aliphatic carbocycles. The molecule has 166 valence electrons. The van der Waals surface area contributed by atoms with Crippen molar-refractivity contribution in [3.8, 4) is 0 Å². The maximum atomic E-state index is 12.5. The summed E-state index contributed by atoms with van der Waals surface area (Å²) < 4.78 is 5.18. The van der Waals surface area contributed by atoms with E-state index in [1.807, 2.05) is 25.7 Å². The van der Waals surface area contributed by atoms with E-state index < -0.39 is 0 Å². The van der Waals surface area contributed by atoms with Crippen LogP contribution in [-0.4, -0.2) is 48.5 Å². The fourth-order valence-electron chi connectivity index (χ4n) is 3.58. The molecule has 1 aliphatic rings. The number of nitrogens with zero attached hydrogens (tertiary/aromatic N) is 1. The largest absolute Gasteiger partial charge is 0.462 e. The van der Waals surface area contributed by atoms with Gasteiger partial charge >= 0.3 is 12.0 Å². The normalized spacial score (nSPS) is 14.5. The van der Waals surface area contributed by atoms with E-state index in [1.165, 1.54) is 0 Å². The van der Waals surface area contributed by atoms with Gasteiger partial charge in [0.1, 0.15) is 0 Å². The van der Waals surface area contributed by atoms with Crippen LogP contribution in [-0.2, 0) is 9.53 Å². The summed E-state index contributed by atoms with van der Waals surface area (Å²) >= 11 is 0. The molecule has 0 unspecified atom stereocenters. The Balaban J connectivity index is 1.76. The van der Waals surface area contributed by atoms with Crippen LogP contribution < -0.4 is 10.6 Å². The lowest BCUT2D eigenvalue weighted by atomic mass is 9.98. The fourth-order valence-corrected chi connectivity index (χ4v) is 3.58. The lowest BCUT2D eigenvalue weighted by Gasteiger charge is -2.34. The number of likely N-dealkylation sites (tertiary alicyclic amines) is 1. The first-order valence-corrected chi connectivity index (χ1v) is 11.1. The molecule has 7 heteroatoms. The SMILES string of the molecule is CCCCOC(=O)c1ccc(NC(=O)NC2CCN(C(=O)C(CC)CC)CC2)cc1. The van der Waals surface area contributed by atoms with Crippen LogP contribution in [0.25, 0.3) is 0 Å². The lowest BCUT2D eigenvalue weighted by Crippen LogP contribution is -2.48. The zero-order valence-electron chi connectivity index (χ0n) is 18.4. The quantitative estimate of drug-likeness (QED) is 0.466. The number of esters is 1. The molecule has 1 aromatic carbocycles. The summed E-state index contributed by atoms with van der Waals surface area (Å²) in [4.78, 5) is 38.6. The summed E-state index contributed by atoms with van der Waals surface area (Å²) in [5, 5.41) is 5.77. The summed E-state index contributed by atoms with van der Waals surface area (Å²) in [5.74, 6) is -0.0185. The van der Waals surface area contributed by atoms with Gasteiger partial charge in [-0.05, 0) is 56.4 Å². The Morgan fingerprint density at radius 1 is 1.07 bits per heavy atom. The molecule has 1 heterocycles. The van der Waals surface area contributed by atoms with E-state index in [-0.39, 0.29) is 29.9 Å². The number of carbonyl (C=O) groups is 3. The molecule has 2 N–H and O–H groups in total. The first-order chi connectivity index (χ1) is 14.5. The van der Waals surface area contributed by atoms with Crippen LogP contribution in [0.4, 0.5) is 10.5 Å². The van der Waals surface area contributed by atoms with E-state index in [4.69, 9.17) is 4.74 Å². The molecule has 30 heavy (non-hydrogen) atoms. The Morgan fingerprint density at radius 3 is 2.27 bits per heavy atom. The summed E-state index contributed by atoms with van der Waals surface area (Å²) in [7, 11) is 0. The third-order valence-electron chi connectivity index (χ3n) is 5.59. The van der Waals surface area contributed by atoms with Crippen molar-refractivity contribution in [2.75, 3.05) is 25.0 Å². The smallest absolute Gasteiger partial charge is 0.338 e. The van der Waals surface area contributed by atoms with E-state index >= 15 is 0 Å². The van der Waals surface area contributed by atoms with Gasteiger partial charge < -0.3 is 20.3 Å². The number of ether oxygens (including phenoxy) is 1. The van der Waals surface area contributed by atoms with Crippen LogP contribution in [0.3, 0.4) is 0 Å². The number of piperidine rings is 1. The second-order valence-electron chi connectivity index (χ2n) is 7.78. The molecular formula is C23H35N3O4. The molecular weight excluding hydrogens is 382 g/mol. The van der Waals surface area contributed by atoms with Gasteiger partial charge in [-0.1, -0.05) is 27.2 Å². The van der Waals surface area contributed by atoms with Gasteiger partial charge in [-0.3, -0.25) is 4.79 Å². The molecule has 0 atom stereocenters. The van der Waals surface area contributed by atoms with Crippen molar-refractivity contribution in [3.63, 3.8) is 0 Å². The molecule has 1 aromatic rings. The van der Waals surface area contributed by atoms with Gasteiger partial charge in [0, 0.05) is 30.7 Å². The number of hydrogen-bond acceptors (Lipinski definition) is 4. The van der Waals surface area contributed by atoms with Crippen LogP contribution in [0.5, 0.6) is 0 Å². The molecule has 0 radical (unpaired) electrons. The second-order valence-corrected chi connectivity index (χ2v) is 7.78. The van der Waals surface area contributed by atoms with Crippen LogP contribution in [0.1, 0.15) is 69.7 Å². The monoisotopic (exact) mass is 417 g/mol. The van der Waals surface area contributed by atoms with Crippen LogP contribution in [0.15, 0.2) is 24.3 Å². The number of anilines is 1. The Bertz CT molecular complexity index is 693. The molecule has 0 bridgehead atoms. The Hall–Kier alpha value is -2.57. The zero-order chi connectivity index (χ0) is 21.9. The molecule has 2 rings (SSSR count). The van der Waals surface area contributed by atoms with Crippen molar-refractivity contribution in [1.29, 1.82) is 0 Å². The number of amides is 3. The topological polar surface area (TPSA) is 87.7 Å². The van der Waals surface area contributed by atoms with Crippen LogP contribution >= 0.6 is 0 Å². The molecule has 0 spiro atoms. The third-order valence-corrected chi connectivity index (χ3v) is 5.59. The summed E-state index contributed by atoms with van der Waals surface area (Å²) in [6.45, 7) is 7.90. The minimum atomic E-state index is -0.353. The van der Waals surface area contributed by atoms with E-state index in [0.29, 0.717) is 30.9 Å². The van der Waals surface area contributed by atoms with Gasteiger partial charge in [-0.25, -0.2) is 9.59 Å². The second kappa shape index (κ2) is 12.2. The van der Waals surface area contributed by atoms with E-state index in [0.717, 1.165) is 38.5 Å². The third kappa shape index (κ3) is 7.04. The van der Waals surface area contributed by atoms with Gasteiger partial charge in [-0.2, -0.15) is 0 Å². The van der Waals surface area contributed by atoms with Gasteiger partial charge in [0.15, 0.2) is 0 Å². The molecule has 1 aliphatic heterocycles. The molecule has 0 aromatic heterocycles. The van der Waals surface area contributed by atoms with Crippen molar-refractivity contribution in [3.05, 3.63) is 29.8 Å². The number of hydrogen-bond donors (Lipinski definition) is 2. The minimum Gasteiger partial charge on any atom is -0.462 e. The summed E-state index contributed by atoms with van der Waals surface area (Å²) in [6, 6.07) is 6.43. The Labute approximate surface area is 179 Å². The Morgan fingerprint density at radius 2 is 1.70 bits per heavy atom. The van der Waals surface area contributed by atoms with Crippen molar-refractivity contribution >= 4 is 23.6 Å². The van der Waals surface area contributed by atoms with Crippen molar-refractivity contribution in [2.24, 2.45) is 5.92 Å². The van der Waals surface area contributed by atoms with E-state index in [2.05, 4.69) is 10.6 Å². The molecule has 0 saturated carbocycles. The summed E-state index contributed by atoms with van der Waals surface area (Å²) in [5.41, 5.74) is 1.07. The van der Waals surface area contributed by atoms with Gasteiger partial charge in [0.05, 0.1) is 12.2 Å². The van der Waals surface area contributed by atoms with Crippen LogP contribution in [0, 0.1) is 5.92 Å². The lowest BCUT2D eigenvalue weighted by molar-refractivity contribution is -0.136. The Kier molecular flexibility index (Phi) is 9.64. The molecule has 3 amide bonds. The molecule has 1 saturated heterocycles. The predicted molar refractivity (Wildman–Crippen MR) is 117 cm³/mol. The summed E-state index contributed by atoms with van der Waals surface area (Å²) in [6.07, 6.45) is 5.05. The predicted octanol–water partition coefficient (Wildman–Crippen LogP) is 4.19. The average Bonchev–Trinajstić information content (AvgIpc) is 2.75. The van der Waals surface area contributed by atoms with E-state index in [1.54, 1.807) is 24.3 Å². The van der Waals surface area contributed by atoms with Gasteiger partial charge in [-0.15, -0.1) is 0 Å². The fraction of sp³-hybridized carbons (Fsp3) is 0.609. The van der Waals surface area contributed by atoms with Gasteiger partial charge in [0.25, 0.3) is 0 Å². The van der Waals surface area contributed by atoms with Crippen LogP contribution in [0.2, 0.25) is 0 Å². The highest BCUT2D eigenvalue weighted by atomic mass is 16.5. The maximum absolute atomic E-state index is 12.5. The van der Waals surface area contributed by atoms with Crippen molar-refractivity contribution in [1.82, 2.24) is 10.2 Å². The maximum Gasteiger partial charge on any atom is 0.338 e. The number of carbonyl (C=O) groups excluding carboxylic acids is 3. The number of unbranched alkanes of at least 4 members (excludes halogenated alkanes) is 1. The zero-order valence-corrected chi connectivity index (χ0v) is 18.4. The van der Waals surface area contributed by atoms with Crippen molar-refractivity contribution in [2.45, 2.75) is 65.3 Å². The number of rotatable bonds is 9. The van der Waals surface area contributed by atoms with E-state index in [9.17, 15) is 14.4 Å².